The Kier molecular flexibility index (Phi) is 9.15. The largest absolute Gasteiger partial charge is 0.493 e. The van der Waals surface area contributed by atoms with Crippen LogP contribution in [0.2, 0.25) is 0 Å². The molecule has 0 aromatic heterocycles. The topological polar surface area (TPSA) is 33.0 Å². The van der Waals surface area contributed by atoms with Crippen molar-refractivity contribution < 1.29 is 9.13 Å². The van der Waals surface area contributed by atoms with Gasteiger partial charge in [0.15, 0.2) is 11.6 Å². The predicted molar refractivity (Wildman–Crippen MR) is 131 cm³/mol. The van der Waals surface area contributed by atoms with Crippen LogP contribution in [0.4, 0.5) is 4.39 Å². The number of nitrogens with zero attached hydrogens (tertiary/aromatic N) is 1. The molecule has 0 spiro atoms. The first-order valence-electron chi connectivity index (χ1n) is 12.5. The molecule has 0 N–H and O–H groups in total. The molecule has 1 aliphatic rings. The summed E-state index contributed by atoms with van der Waals surface area (Å²) < 4.78 is 20.8. The lowest BCUT2D eigenvalue weighted by Crippen LogP contribution is -2.11. The van der Waals surface area contributed by atoms with Crippen molar-refractivity contribution in [3.8, 4) is 22.9 Å². The SMILES string of the molecule is CCCCCCCCc1ccc(-c2ccc(C3CCC(C)CC3)cc2C#N)c(OC)c1F. The fraction of sp³-hybridized carbons (Fsp3) is 0.552. The molecule has 0 amide bonds. The summed E-state index contributed by atoms with van der Waals surface area (Å²) in [6.45, 7) is 4.53. The molecule has 1 fully saturated rings. The molecule has 1 aliphatic carbocycles. The molecule has 172 valence electrons. The summed E-state index contributed by atoms with van der Waals surface area (Å²) >= 11 is 0. The molecular formula is C29H38FNO. The lowest BCUT2D eigenvalue weighted by Gasteiger charge is -2.27. The number of rotatable bonds is 10. The quantitative estimate of drug-likeness (QED) is 0.350. The maximum absolute atomic E-state index is 15.3. The van der Waals surface area contributed by atoms with E-state index in [1.807, 2.05) is 24.3 Å². The van der Waals surface area contributed by atoms with E-state index in [0.29, 0.717) is 22.6 Å². The number of nitriles is 1. The van der Waals surface area contributed by atoms with E-state index in [2.05, 4.69) is 26.0 Å². The van der Waals surface area contributed by atoms with E-state index in [1.165, 1.54) is 64.0 Å². The summed E-state index contributed by atoms with van der Waals surface area (Å²) in [5.41, 5.74) is 3.95. The molecule has 2 aromatic rings. The maximum Gasteiger partial charge on any atom is 0.168 e. The lowest BCUT2D eigenvalue weighted by atomic mass is 9.78. The Bertz CT molecular complexity index is 921. The summed E-state index contributed by atoms with van der Waals surface area (Å²) in [7, 11) is 1.51. The first-order chi connectivity index (χ1) is 15.6. The third kappa shape index (κ3) is 5.91. The molecule has 0 bridgehead atoms. The highest BCUT2D eigenvalue weighted by atomic mass is 19.1. The molecule has 0 aliphatic heterocycles. The van der Waals surface area contributed by atoms with E-state index in [1.54, 1.807) is 0 Å². The molecule has 3 heteroatoms. The zero-order chi connectivity index (χ0) is 22.9. The van der Waals surface area contributed by atoms with E-state index in [4.69, 9.17) is 4.74 Å². The Morgan fingerprint density at radius 1 is 0.969 bits per heavy atom. The van der Waals surface area contributed by atoms with Crippen LogP contribution in [0.15, 0.2) is 30.3 Å². The molecular weight excluding hydrogens is 397 g/mol. The first kappa shape index (κ1) is 24.3. The second-order valence-electron chi connectivity index (χ2n) is 9.51. The van der Waals surface area contributed by atoms with Gasteiger partial charge in [0.1, 0.15) is 0 Å². The Labute approximate surface area is 193 Å². The fourth-order valence-corrected chi connectivity index (χ4v) is 5.03. The van der Waals surface area contributed by atoms with Crippen molar-refractivity contribution in [1.29, 1.82) is 5.26 Å². The third-order valence-corrected chi connectivity index (χ3v) is 7.12. The molecule has 3 rings (SSSR count). The van der Waals surface area contributed by atoms with Gasteiger partial charge < -0.3 is 4.74 Å². The monoisotopic (exact) mass is 435 g/mol. The number of unbranched alkanes of at least 4 members (excludes halogenated alkanes) is 5. The maximum atomic E-state index is 15.3. The van der Waals surface area contributed by atoms with Crippen LogP contribution in [0.25, 0.3) is 11.1 Å². The van der Waals surface area contributed by atoms with Gasteiger partial charge in [-0.1, -0.05) is 83.1 Å². The van der Waals surface area contributed by atoms with Gasteiger partial charge in [0.05, 0.1) is 18.7 Å². The van der Waals surface area contributed by atoms with Crippen LogP contribution < -0.4 is 4.74 Å². The smallest absolute Gasteiger partial charge is 0.168 e. The Hall–Kier alpha value is -2.34. The van der Waals surface area contributed by atoms with Gasteiger partial charge >= 0.3 is 0 Å². The summed E-state index contributed by atoms with van der Waals surface area (Å²) in [5, 5.41) is 9.85. The molecule has 2 nitrogen and oxygen atoms in total. The lowest BCUT2D eigenvalue weighted by molar-refractivity contribution is 0.348. The Morgan fingerprint density at radius 3 is 2.34 bits per heavy atom. The van der Waals surface area contributed by atoms with Crippen LogP contribution in [0.3, 0.4) is 0 Å². The van der Waals surface area contributed by atoms with Crippen molar-refractivity contribution in [3.63, 3.8) is 0 Å². The number of methoxy groups -OCH3 is 1. The van der Waals surface area contributed by atoms with Gasteiger partial charge in [0.25, 0.3) is 0 Å². The van der Waals surface area contributed by atoms with Gasteiger partial charge in [-0.05, 0) is 54.7 Å². The summed E-state index contributed by atoms with van der Waals surface area (Å²) in [6.07, 6.45) is 12.7. The molecule has 0 atom stereocenters. The van der Waals surface area contributed by atoms with Crippen molar-refractivity contribution in [3.05, 3.63) is 52.8 Å². The number of aryl methyl sites for hydroxylation is 1. The highest BCUT2D eigenvalue weighted by Gasteiger charge is 2.22. The van der Waals surface area contributed by atoms with Gasteiger partial charge in [0, 0.05) is 11.1 Å². The van der Waals surface area contributed by atoms with E-state index in [0.717, 1.165) is 30.7 Å². The van der Waals surface area contributed by atoms with E-state index in [9.17, 15) is 5.26 Å². The standard InChI is InChI=1S/C29H38FNO/c1-4-5-6-7-8-9-10-23-15-18-27(29(32-3)28(23)30)26-17-16-24(19-25(26)20-31)22-13-11-21(2)12-14-22/h15-19,21-22H,4-14H2,1-3H3. The second-order valence-corrected chi connectivity index (χ2v) is 9.51. The fourth-order valence-electron chi connectivity index (χ4n) is 5.03. The molecule has 2 aromatic carbocycles. The number of hydrogen-bond acceptors (Lipinski definition) is 2. The zero-order valence-corrected chi connectivity index (χ0v) is 20.1. The average molecular weight is 436 g/mol. The number of benzene rings is 2. The molecule has 32 heavy (non-hydrogen) atoms. The van der Waals surface area contributed by atoms with Crippen molar-refractivity contribution in [2.75, 3.05) is 7.11 Å². The van der Waals surface area contributed by atoms with Crippen LogP contribution in [0.5, 0.6) is 5.75 Å². The molecule has 0 saturated heterocycles. The first-order valence-corrected chi connectivity index (χ1v) is 12.5. The van der Waals surface area contributed by atoms with Crippen LogP contribution in [0, 0.1) is 23.1 Å². The normalized spacial score (nSPS) is 18.3. The van der Waals surface area contributed by atoms with Gasteiger partial charge in [0.2, 0.25) is 0 Å². The van der Waals surface area contributed by atoms with Crippen molar-refractivity contribution in [1.82, 2.24) is 0 Å². The Morgan fingerprint density at radius 2 is 1.66 bits per heavy atom. The summed E-state index contributed by atoms with van der Waals surface area (Å²) in [6, 6.07) is 12.3. The number of ether oxygens (including phenoxy) is 1. The summed E-state index contributed by atoms with van der Waals surface area (Å²) in [4.78, 5) is 0. The van der Waals surface area contributed by atoms with Crippen LogP contribution in [-0.2, 0) is 6.42 Å². The minimum atomic E-state index is -0.284. The zero-order valence-electron chi connectivity index (χ0n) is 20.1. The van der Waals surface area contributed by atoms with Crippen LogP contribution in [-0.4, -0.2) is 7.11 Å². The Balaban J connectivity index is 1.79. The highest BCUT2D eigenvalue weighted by Crippen LogP contribution is 2.40. The minimum Gasteiger partial charge on any atom is -0.493 e. The van der Waals surface area contributed by atoms with Gasteiger partial charge in [-0.25, -0.2) is 4.39 Å². The molecule has 1 saturated carbocycles. The predicted octanol–water partition coefficient (Wildman–Crippen LogP) is 8.57. The van der Waals surface area contributed by atoms with Crippen LogP contribution in [0.1, 0.15) is 101 Å². The highest BCUT2D eigenvalue weighted by molar-refractivity contribution is 5.77. The summed E-state index contributed by atoms with van der Waals surface area (Å²) in [5.74, 6) is 1.28. The molecule has 0 unspecified atom stereocenters. The van der Waals surface area contributed by atoms with Crippen molar-refractivity contribution in [2.24, 2.45) is 5.92 Å². The second kappa shape index (κ2) is 12.0. The van der Waals surface area contributed by atoms with Crippen molar-refractivity contribution in [2.45, 2.75) is 90.4 Å². The van der Waals surface area contributed by atoms with Crippen molar-refractivity contribution >= 4 is 0 Å². The van der Waals surface area contributed by atoms with Gasteiger partial charge in [-0.3, -0.25) is 0 Å². The van der Waals surface area contributed by atoms with Crippen LogP contribution >= 0.6 is 0 Å². The van der Waals surface area contributed by atoms with Gasteiger partial charge in [-0.2, -0.15) is 5.26 Å². The minimum absolute atomic E-state index is 0.254. The van der Waals surface area contributed by atoms with E-state index >= 15 is 4.39 Å². The third-order valence-electron chi connectivity index (χ3n) is 7.12. The van der Waals surface area contributed by atoms with E-state index < -0.39 is 0 Å². The molecule has 0 radical (unpaired) electrons. The molecule has 0 heterocycles. The number of hydrogen-bond donors (Lipinski definition) is 0. The number of halogens is 1. The van der Waals surface area contributed by atoms with Gasteiger partial charge in [-0.15, -0.1) is 0 Å². The average Bonchev–Trinajstić information content (AvgIpc) is 2.82. The van der Waals surface area contributed by atoms with E-state index in [-0.39, 0.29) is 11.6 Å².